The van der Waals surface area contributed by atoms with E-state index in [0.717, 1.165) is 6.07 Å². The lowest BCUT2D eigenvalue weighted by Gasteiger charge is -2.24. The van der Waals surface area contributed by atoms with Crippen LogP contribution in [0, 0.1) is 12.7 Å². The molecular weight excluding hydrogens is 498 g/mol. The number of halogens is 4. The Kier molecular flexibility index (Phi) is 6.88. The molecule has 1 aliphatic rings. The maximum absolute atomic E-state index is 13.8. The van der Waals surface area contributed by atoms with Crippen LogP contribution in [0.5, 0.6) is 0 Å². The van der Waals surface area contributed by atoms with Crippen molar-refractivity contribution in [3.63, 3.8) is 0 Å². The van der Waals surface area contributed by atoms with E-state index in [2.05, 4.69) is 15.7 Å². The predicted octanol–water partition coefficient (Wildman–Crippen LogP) is 4.67. The van der Waals surface area contributed by atoms with Crippen molar-refractivity contribution in [3.05, 3.63) is 71.2 Å². The zero-order chi connectivity index (χ0) is 26.9. The van der Waals surface area contributed by atoms with E-state index in [9.17, 15) is 31.9 Å². The summed E-state index contributed by atoms with van der Waals surface area (Å²) in [4.78, 5) is 38.0. The van der Waals surface area contributed by atoms with E-state index in [1.54, 1.807) is 25.3 Å². The lowest BCUT2D eigenvalue weighted by atomic mass is 10.1. The van der Waals surface area contributed by atoms with Crippen LogP contribution in [0.3, 0.4) is 0 Å². The van der Waals surface area contributed by atoms with Crippen LogP contribution in [0.1, 0.15) is 34.3 Å². The maximum Gasteiger partial charge on any atom is 0.419 e. The van der Waals surface area contributed by atoms with Crippen LogP contribution in [0.4, 0.5) is 33.9 Å². The van der Waals surface area contributed by atoms with E-state index in [-0.39, 0.29) is 23.6 Å². The third kappa shape index (κ3) is 5.55. The number of hydrogen-bond donors (Lipinski definition) is 3. The minimum absolute atomic E-state index is 0.156. The number of carbonyl (C=O) groups excluding carboxylic acids is 2. The van der Waals surface area contributed by atoms with Gasteiger partial charge in [0.15, 0.2) is 5.82 Å². The first-order valence-corrected chi connectivity index (χ1v) is 11.1. The SMILES string of the molecule is Cc1cc(-n2ccc(NC(=O)C3CCCN3C(=O)Nc3ccc(C(F)(F)F)c(F)c3)n2)ccc1C(=O)O. The van der Waals surface area contributed by atoms with Crippen LogP contribution in [-0.2, 0) is 11.0 Å². The lowest BCUT2D eigenvalue weighted by molar-refractivity contribution is -0.140. The van der Waals surface area contributed by atoms with Crippen LogP contribution in [-0.4, -0.2) is 50.3 Å². The van der Waals surface area contributed by atoms with Crippen molar-refractivity contribution in [2.24, 2.45) is 0 Å². The molecule has 1 aromatic heterocycles. The largest absolute Gasteiger partial charge is 0.478 e. The van der Waals surface area contributed by atoms with Crippen LogP contribution in [0.15, 0.2) is 48.7 Å². The Morgan fingerprint density at radius 1 is 1.08 bits per heavy atom. The molecule has 1 fully saturated rings. The molecule has 0 radical (unpaired) electrons. The minimum atomic E-state index is -4.86. The lowest BCUT2D eigenvalue weighted by Crippen LogP contribution is -2.45. The average Bonchev–Trinajstić information content (AvgIpc) is 3.48. The second-order valence-corrected chi connectivity index (χ2v) is 8.41. The Morgan fingerprint density at radius 3 is 2.49 bits per heavy atom. The van der Waals surface area contributed by atoms with Gasteiger partial charge in [-0.15, -0.1) is 0 Å². The molecule has 2 aromatic carbocycles. The van der Waals surface area contributed by atoms with Gasteiger partial charge in [0.2, 0.25) is 5.91 Å². The first kappa shape index (κ1) is 25.7. The molecule has 3 N–H and O–H groups in total. The third-order valence-electron chi connectivity index (χ3n) is 5.89. The molecule has 0 spiro atoms. The fourth-order valence-electron chi connectivity index (χ4n) is 4.07. The summed E-state index contributed by atoms with van der Waals surface area (Å²) in [6.45, 7) is 1.87. The van der Waals surface area contributed by atoms with Crippen molar-refractivity contribution in [2.45, 2.75) is 32.0 Å². The van der Waals surface area contributed by atoms with E-state index in [1.165, 1.54) is 21.7 Å². The summed E-state index contributed by atoms with van der Waals surface area (Å²) in [6.07, 6.45) is -2.44. The standard InChI is InChI=1S/C24H21F4N5O4/c1-13-11-15(5-6-16(13)22(35)36)33-10-8-20(31-33)30-21(34)19-3-2-9-32(19)23(37)29-14-4-7-17(18(25)12-14)24(26,27)28/h4-8,10-12,19H,2-3,9H2,1H3,(H,29,37)(H,35,36)(H,30,31,34). The normalized spacial score (nSPS) is 15.5. The van der Waals surface area contributed by atoms with Gasteiger partial charge in [-0.1, -0.05) is 0 Å². The molecule has 1 saturated heterocycles. The number of urea groups is 1. The van der Waals surface area contributed by atoms with Gasteiger partial charge in [0.05, 0.1) is 16.8 Å². The number of aryl methyl sites for hydroxylation is 1. The van der Waals surface area contributed by atoms with Crippen LogP contribution >= 0.6 is 0 Å². The summed E-state index contributed by atoms with van der Waals surface area (Å²) in [5.41, 5.74) is -0.357. The van der Waals surface area contributed by atoms with Crippen molar-refractivity contribution in [3.8, 4) is 5.69 Å². The Hall–Kier alpha value is -4.42. The van der Waals surface area contributed by atoms with Gasteiger partial charge in [0.1, 0.15) is 11.9 Å². The van der Waals surface area contributed by atoms with Crippen molar-refractivity contribution < 1.29 is 37.1 Å². The van der Waals surface area contributed by atoms with Gasteiger partial charge in [-0.3, -0.25) is 4.79 Å². The number of nitrogens with one attached hydrogen (secondary N) is 2. The van der Waals surface area contributed by atoms with Gasteiger partial charge >= 0.3 is 18.2 Å². The molecular formula is C24H21F4N5O4. The summed E-state index contributed by atoms with van der Waals surface area (Å²) < 4.78 is 53.6. The molecule has 0 saturated carbocycles. The van der Waals surface area contributed by atoms with Crippen molar-refractivity contribution in [1.29, 1.82) is 0 Å². The number of rotatable bonds is 5. The van der Waals surface area contributed by atoms with Gasteiger partial charge < -0.3 is 20.6 Å². The third-order valence-corrected chi connectivity index (χ3v) is 5.89. The van der Waals surface area contributed by atoms with Crippen LogP contribution < -0.4 is 10.6 Å². The molecule has 3 amide bonds. The Morgan fingerprint density at radius 2 is 1.84 bits per heavy atom. The number of aromatic carboxylic acids is 1. The number of benzene rings is 2. The second kappa shape index (κ2) is 9.91. The highest BCUT2D eigenvalue weighted by molar-refractivity contribution is 5.99. The van der Waals surface area contributed by atoms with E-state index in [4.69, 9.17) is 5.11 Å². The van der Waals surface area contributed by atoms with E-state index in [0.29, 0.717) is 36.2 Å². The monoisotopic (exact) mass is 519 g/mol. The van der Waals surface area contributed by atoms with Gasteiger partial charge in [-0.2, -0.15) is 18.3 Å². The summed E-state index contributed by atoms with van der Waals surface area (Å²) in [5, 5.41) is 18.4. The number of carbonyl (C=O) groups is 3. The van der Waals surface area contributed by atoms with Crippen molar-refractivity contribution >= 4 is 29.4 Å². The topological polar surface area (TPSA) is 117 Å². The highest BCUT2D eigenvalue weighted by atomic mass is 19.4. The quantitative estimate of drug-likeness (QED) is 0.424. The fraction of sp³-hybridized carbons (Fsp3) is 0.250. The van der Waals surface area contributed by atoms with Gasteiger partial charge in [0, 0.05) is 24.5 Å². The van der Waals surface area contributed by atoms with Gasteiger partial charge in [0.25, 0.3) is 0 Å². The first-order chi connectivity index (χ1) is 17.4. The number of aromatic nitrogens is 2. The Bertz CT molecular complexity index is 1370. The average molecular weight is 519 g/mol. The number of amides is 3. The highest BCUT2D eigenvalue weighted by Crippen LogP contribution is 2.32. The highest BCUT2D eigenvalue weighted by Gasteiger charge is 2.36. The van der Waals surface area contributed by atoms with Crippen LogP contribution in [0.25, 0.3) is 5.69 Å². The molecule has 4 rings (SSSR count). The molecule has 37 heavy (non-hydrogen) atoms. The van der Waals surface area contributed by atoms with Gasteiger partial charge in [-0.05, 0) is 61.7 Å². The second-order valence-electron chi connectivity index (χ2n) is 8.41. The molecule has 0 aliphatic carbocycles. The van der Waals surface area contributed by atoms with Crippen LogP contribution in [0.2, 0.25) is 0 Å². The van der Waals surface area contributed by atoms with E-state index < -0.39 is 41.5 Å². The number of anilines is 2. The molecule has 1 atom stereocenters. The summed E-state index contributed by atoms with van der Waals surface area (Å²) in [6, 6.07) is 6.60. The maximum atomic E-state index is 13.8. The van der Waals surface area contributed by atoms with Crippen molar-refractivity contribution in [1.82, 2.24) is 14.7 Å². The molecule has 194 valence electrons. The number of alkyl halides is 3. The number of carboxylic acids is 1. The number of likely N-dealkylation sites (tertiary alicyclic amines) is 1. The molecule has 1 aliphatic heterocycles. The number of carboxylic acid groups (broad SMARTS) is 1. The van der Waals surface area contributed by atoms with E-state index in [1.807, 2.05) is 0 Å². The summed E-state index contributed by atoms with van der Waals surface area (Å²) in [7, 11) is 0. The summed E-state index contributed by atoms with van der Waals surface area (Å²) in [5.74, 6) is -2.90. The molecule has 2 heterocycles. The Labute approximate surface area is 207 Å². The molecule has 3 aromatic rings. The Balaban J connectivity index is 1.42. The molecule has 13 heteroatoms. The first-order valence-electron chi connectivity index (χ1n) is 11.1. The molecule has 1 unspecified atom stereocenters. The minimum Gasteiger partial charge on any atom is -0.478 e. The molecule has 0 bridgehead atoms. The van der Waals surface area contributed by atoms with E-state index >= 15 is 0 Å². The smallest absolute Gasteiger partial charge is 0.419 e. The molecule has 9 nitrogen and oxygen atoms in total. The summed E-state index contributed by atoms with van der Waals surface area (Å²) >= 11 is 0. The van der Waals surface area contributed by atoms with Gasteiger partial charge in [-0.25, -0.2) is 18.7 Å². The van der Waals surface area contributed by atoms with Crippen molar-refractivity contribution in [2.75, 3.05) is 17.2 Å². The number of hydrogen-bond acceptors (Lipinski definition) is 4. The zero-order valence-corrected chi connectivity index (χ0v) is 19.3. The fourth-order valence-corrected chi connectivity index (χ4v) is 4.07. The predicted molar refractivity (Wildman–Crippen MR) is 124 cm³/mol. The zero-order valence-electron chi connectivity index (χ0n) is 19.3. The number of nitrogens with zero attached hydrogens (tertiary/aromatic N) is 3.